The van der Waals surface area contributed by atoms with Gasteiger partial charge in [0.05, 0.1) is 11.0 Å². The zero-order valence-corrected chi connectivity index (χ0v) is 24.0. The van der Waals surface area contributed by atoms with Gasteiger partial charge < -0.3 is 9.80 Å². The van der Waals surface area contributed by atoms with E-state index in [1.54, 1.807) is 16.2 Å². The number of piperidine rings is 2. The Morgan fingerprint density at radius 2 is 1.71 bits per heavy atom. The number of imidazole rings is 1. The molecule has 5 heterocycles. The van der Waals surface area contributed by atoms with E-state index in [4.69, 9.17) is 0 Å². The number of amides is 2. The second kappa shape index (κ2) is 10.1. The van der Waals surface area contributed by atoms with Gasteiger partial charge in [0.1, 0.15) is 6.04 Å². The summed E-state index contributed by atoms with van der Waals surface area (Å²) in [6.07, 6.45) is 9.82. The van der Waals surface area contributed by atoms with Crippen molar-refractivity contribution in [3.8, 4) is 0 Å². The summed E-state index contributed by atoms with van der Waals surface area (Å²) in [7, 11) is 1.77. The molecule has 1 spiro atoms. The summed E-state index contributed by atoms with van der Waals surface area (Å²) in [6, 6.07) is 8.25. The van der Waals surface area contributed by atoms with E-state index in [1.165, 1.54) is 31.2 Å². The third-order valence-corrected chi connectivity index (χ3v) is 10.3. The van der Waals surface area contributed by atoms with Crippen molar-refractivity contribution in [2.75, 3.05) is 31.1 Å². The first-order chi connectivity index (χ1) is 19.8. The number of carbonyl (C=O) groups is 2. The van der Waals surface area contributed by atoms with Gasteiger partial charge in [0.25, 0.3) is 0 Å². The minimum atomic E-state index is -0.647. The van der Waals surface area contributed by atoms with E-state index >= 15 is 0 Å². The van der Waals surface area contributed by atoms with E-state index in [9.17, 15) is 14.4 Å². The highest BCUT2D eigenvalue weighted by Crippen LogP contribution is 2.46. The lowest BCUT2D eigenvalue weighted by molar-refractivity contribution is -0.135. The molecule has 7 rings (SSSR count). The molecule has 10 nitrogen and oxygen atoms in total. The molecule has 1 saturated carbocycles. The van der Waals surface area contributed by atoms with Crippen LogP contribution in [0.4, 0.5) is 5.95 Å². The molecule has 3 aromatic rings. The van der Waals surface area contributed by atoms with E-state index < -0.39 is 11.9 Å². The fourth-order valence-corrected chi connectivity index (χ4v) is 7.85. The van der Waals surface area contributed by atoms with Crippen LogP contribution in [0.15, 0.2) is 35.3 Å². The number of rotatable bonds is 4. The first kappa shape index (κ1) is 26.4. The van der Waals surface area contributed by atoms with Crippen molar-refractivity contribution in [3.05, 3.63) is 52.2 Å². The third-order valence-electron chi connectivity index (χ3n) is 10.3. The van der Waals surface area contributed by atoms with Crippen LogP contribution in [0.3, 0.4) is 0 Å². The van der Waals surface area contributed by atoms with Gasteiger partial charge in [-0.3, -0.25) is 24.0 Å². The fourth-order valence-electron chi connectivity index (χ4n) is 7.85. The second-order valence-corrected chi connectivity index (χ2v) is 12.8. The van der Waals surface area contributed by atoms with E-state index in [2.05, 4.69) is 37.2 Å². The number of nitrogens with one attached hydrogen (secondary N) is 1. The molecule has 2 aromatic heterocycles. The Hall–Kier alpha value is -3.53. The van der Waals surface area contributed by atoms with Gasteiger partial charge in [-0.15, -0.1) is 0 Å². The molecule has 4 fully saturated rings. The van der Waals surface area contributed by atoms with E-state index in [1.807, 2.05) is 25.3 Å². The summed E-state index contributed by atoms with van der Waals surface area (Å²) in [5, 5.41) is 2.39. The molecule has 3 aliphatic heterocycles. The largest absolute Gasteiger partial charge is 0.340 e. The lowest BCUT2D eigenvalue weighted by Gasteiger charge is -2.54. The Labute approximate surface area is 239 Å². The number of carbonyl (C=O) groups excluding carboxylic acids is 2. The van der Waals surface area contributed by atoms with Crippen LogP contribution in [0.2, 0.25) is 0 Å². The highest BCUT2D eigenvalue weighted by atomic mass is 16.2. The van der Waals surface area contributed by atoms with Gasteiger partial charge in [-0.2, -0.15) is 0 Å². The molecule has 216 valence electrons. The molecule has 10 heteroatoms. The molecule has 2 amide bonds. The Morgan fingerprint density at radius 1 is 0.951 bits per heavy atom. The monoisotopic (exact) mass is 557 g/mol. The van der Waals surface area contributed by atoms with Crippen molar-refractivity contribution in [1.29, 1.82) is 0 Å². The average molecular weight is 558 g/mol. The molecule has 1 aromatic carbocycles. The highest BCUT2D eigenvalue weighted by Gasteiger charge is 2.47. The van der Waals surface area contributed by atoms with E-state index in [-0.39, 0.29) is 18.0 Å². The zero-order chi connectivity index (χ0) is 28.3. The predicted octanol–water partition coefficient (Wildman–Crippen LogP) is 3.04. The van der Waals surface area contributed by atoms with Crippen LogP contribution in [0.5, 0.6) is 0 Å². The number of benzene rings is 1. The number of hydrogen-bond donors (Lipinski definition) is 1. The standard InChI is InChI=1S/C31H39N7O3/c1-20-9-14-32-29(33-20)37-18-31(19-37)12-7-23(8-13-31)36-15-10-21(11-16-36)22-3-4-24-26(17-22)35(2)30(41)38(24)25-5-6-27(39)34-28(25)40/h3-4,9,14,17,21,23,25H,5-8,10-13,15-16,18-19H2,1-2H3,(H,34,39,40). The van der Waals surface area contributed by atoms with Crippen molar-refractivity contribution < 1.29 is 9.59 Å². The normalized spacial score (nSPS) is 24.1. The zero-order valence-electron chi connectivity index (χ0n) is 24.0. The van der Waals surface area contributed by atoms with Gasteiger partial charge in [-0.1, -0.05) is 6.07 Å². The first-order valence-electron chi connectivity index (χ1n) is 15.1. The number of aryl methyl sites for hydroxylation is 2. The molecule has 1 atom stereocenters. The maximum Gasteiger partial charge on any atom is 0.329 e. The molecule has 1 N–H and O–H groups in total. The molecular weight excluding hydrogens is 518 g/mol. The molecule has 41 heavy (non-hydrogen) atoms. The molecule has 1 unspecified atom stereocenters. The smallest absolute Gasteiger partial charge is 0.329 e. The van der Waals surface area contributed by atoms with Crippen LogP contribution in [0.1, 0.15) is 74.6 Å². The number of aromatic nitrogens is 4. The SMILES string of the molecule is Cc1ccnc(N2CC3(CCC(N4CCC(c5ccc6c(c5)n(C)c(=O)n6C5CCC(=O)NC5=O)CC4)CC3)C2)n1. The van der Waals surface area contributed by atoms with Crippen molar-refractivity contribution in [1.82, 2.24) is 29.3 Å². The van der Waals surface area contributed by atoms with Crippen LogP contribution < -0.4 is 15.9 Å². The van der Waals surface area contributed by atoms with Crippen LogP contribution in [-0.4, -0.2) is 68.0 Å². The molecule has 3 saturated heterocycles. The average Bonchev–Trinajstić information content (AvgIpc) is 3.21. The predicted molar refractivity (Wildman–Crippen MR) is 156 cm³/mol. The number of hydrogen-bond acceptors (Lipinski definition) is 7. The lowest BCUT2D eigenvalue weighted by atomic mass is 9.67. The first-order valence-corrected chi connectivity index (χ1v) is 15.1. The van der Waals surface area contributed by atoms with Crippen LogP contribution in [0, 0.1) is 12.3 Å². The van der Waals surface area contributed by atoms with Gasteiger partial charge in [-0.05, 0) is 94.6 Å². The van der Waals surface area contributed by atoms with Crippen LogP contribution >= 0.6 is 0 Å². The number of imide groups is 1. The van der Waals surface area contributed by atoms with Gasteiger partial charge in [0, 0.05) is 49.9 Å². The van der Waals surface area contributed by atoms with Crippen molar-refractivity contribution in [3.63, 3.8) is 0 Å². The van der Waals surface area contributed by atoms with Gasteiger partial charge >= 0.3 is 5.69 Å². The summed E-state index contributed by atoms with van der Waals surface area (Å²) in [5.41, 5.74) is 4.13. The number of likely N-dealkylation sites (tertiary alicyclic amines) is 1. The molecule has 0 radical (unpaired) electrons. The van der Waals surface area contributed by atoms with Crippen molar-refractivity contribution >= 4 is 28.8 Å². The summed E-state index contributed by atoms with van der Waals surface area (Å²) >= 11 is 0. The lowest BCUT2D eigenvalue weighted by Crippen LogP contribution is -2.59. The summed E-state index contributed by atoms with van der Waals surface area (Å²) < 4.78 is 3.21. The van der Waals surface area contributed by atoms with Gasteiger partial charge in [-0.25, -0.2) is 14.8 Å². The van der Waals surface area contributed by atoms with Crippen LogP contribution in [0.25, 0.3) is 11.0 Å². The summed E-state index contributed by atoms with van der Waals surface area (Å²) in [4.78, 5) is 51.4. The second-order valence-electron chi connectivity index (χ2n) is 12.8. The molecule has 1 aliphatic carbocycles. The number of fused-ring (bicyclic) bond motifs is 1. The number of nitrogens with zero attached hydrogens (tertiary/aromatic N) is 6. The Morgan fingerprint density at radius 3 is 2.41 bits per heavy atom. The van der Waals surface area contributed by atoms with E-state index in [0.717, 1.165) is 61.7 Å². The fraction of sp³-hybridized carbons (Fsp3) is 0.581. The number of anilines is 1. The van der Waals surface area contributed by atoms with Crippen LogP contribution in [-0.2, 0) is 16.6 Å². The Kier molecular flexibility index (Phi) is 6.48. The summed E-state index contributed by atoms with van der Waals surface area (Å²) in [6.45, 7) is 6.42. The molecular formula is C31H39N7O3. The minimum absolute atomic E-state index is 0.211. The molecule has 4 aliphatic rings. The van der Waals surface area contributed by atoms with E-state index in [0.29, 0.717) is 23.8 Å². The quantitative estimate of drug-likeness (QED) is 0.492. The van der Waals surface area contributed by atoms with Gasteiger partial charge in [0.2, 0.25) is 17.8 Å². The summed E-state index contributed by atoms with van der Waals surface area (Å²) in [5.74, 6) is 0.680. The Bertz CT molecular complexity index is 1550. The van der Waals surface area contributed by atoms with Gasteiger partial charge in [0.15, 0.2) is 0 Å². The Balaban J connectivity index is 0.968. The minimum Gasteiger partial charge on any atom is -0.340 e. The highest BCUT2D eigenvalue weighted by molar-refractivity contribution is 6.00. The third kappa shape index (κ3) is 4.66. The van der Waals surface area contributed by atoms with Crippen molar-refractivity contribution in [2.45, 2.75) is 76.3 Å². The van der Waals surface area contributed by atoms with Crippen molar-refractivity contribution in [2.24, 2.45) is 12.5 Å². The maximum atomic E-state index is 13.1. The molecule has 0 bridgehead atoms. The topological polar surface area (TPSA) is 105 Å². The maximum absolute atomic E-state index is 13.1.